The van der Waals surface area contributed by atoms with Gasteiger partial charge < -0.3 is 15.3 Å². The smallest absolute Gasteiger partial charge is 0.138 e. The molecule has 2 aliphatic carbocycles. The first-order chi connectivity index (χ1) is 8.56. The summed E-state index contributed by atoms with van der Waals surface area (Å²) in [4.78, 5) is 12.2. The topological polar surface area (TPSA) is 77.8 Å². The highest BCUT2D eigenvalue weighted by Crippen LogP contribution is 2.31. The molecule has 0 aromatic heterocycles. The summed E-state index contributed by atoms with van der Waals surface area (Å²) in [7, 11) is 0. The Morgan fingerprint density at radius 1 is 0.889 bits per heavy atom. The van der Waals surface area contributed by atoms with Crippen molar-refractivity contribution in [2.45, 2.75) is 69.7 Å². The highest BCUT2D eigenvalue weighted by molar-refractivity contribution is 5.81. The molecule has 104 valence electrons. The van der Waals surface area contributed by atoms with Gasteiger partial charge in [0.2, 0.25) is 0 Å². The van der Waals surface area contributed by atoms with E-state index >= 15 is 0 Å². The quantitative estimate of drug-likeness (QED) is 0.704. The molecule has 3 N–H and O–H groups in total. The van der Waals surface area contributed by atoms with Crippen LogP contribution < -0.4 is 0 Å². The van der Waals surface area contributed by atoms with Crippen molar-refractivity contribution in [3.8, 4) is 0 Å². The van der Waals surface area contributed by atoms with Gasteiger partial charge in [0.25, 0.3) is 0 Å². The van der Waals surface area contributed by atoms with Crippen LogP contribution in [-0.4, -0.2) is 39.4 Å². The van der Waals surface area contributed by atoms with E-state index in [1.165, 1.54) is 0 Å². The Morgan fingerprint density at radius 2 is 1.50 bits per heavy atom. The molecular formula is C14H24O4. The third kappa shape index (κ3) is 3.53. The van der Waals surface area contributed by atoms with Gasteiger partial charge in [0.05, 0.1) is 18.3 Å². The van der Waals surface area contributed by atoms with Gasteiger partial charge in [0.1, 0.15) is 5.78 Å². The van der Waals surface area contributed by atoms with Gasteiger partial charge in [-0.15, -0.1) is 0 Å². The summed E-state index contributed by atoms with van der Waals surface area (Å²) in [5, 5.41) is 28.7. The minimum atomic E-state index is -0.671. The molecule has 18 heavy (non-hydrogen) atoms. The molecule has 0 spiro atoms. The minimum Gasteiger partial charge on any atom is -0.393 e. The number of aliphatic hydroxyl groups excluding tert-OH is 3. The zero-order chi connectivity index (χ0) is 13.1. The number of ketones is 1. The zero-order valence-corrected chi connectivity index (χ0v) is 10.8. The van der Waals surface area contributed by atoms with Crippen LogP contribution in [0.4, 0.5) is 0 Å². The maximum absolute atomic E-state index is 12.2. The van der Waals surface area contributed by atoms with Gasteiger partial charge >= 0.3 is 0 Å². The first kappa shape index (κ1) is 14.0. The number of hydrogen-bond donors (Lipinski definition) is 3. The number of carbonyl (C=O) groups is 1. The lowest BCUT2D eigenvalue weighted by Gasteiger charge is -2.31. The van der Waals surface area contributed by atoms with E-state index in [4.69, 9.17) is 0 Å². The predicted octanol–water partition coefficient (Wildman–Crippen LogP) is 1.02. The van der Waals surface area contributed by atoms with Crippen LogP contribution in [0.2, 0.25) is 0 Å². The number of Topliss-reactive ketones (excluding diaryl/α,β-unsaturated/α-hetero) is 1. The SMILES string of the molecule is O=C(CC1CCC(O)CC1)C1CCC(O)CC1O. The van der Waals surface area contributed by atoms with Gasteiger partial charge in [-0.2, -0.15) is 0 Å². The molecule has 2 rings (SSSR count). The second kappa shape index (κ2) is 6.13. The lowest BCUT2D eigenvalue weighted by atomic mass is 9.77. The number of carbonyl (C=O) groups excluding carboxylic acids is 1. The molecule has 0 aliphatic heterocycles. The largest absolute Gasteiger partial charge is 0.393 e. The molecule has 2 fully saturated rings. The Hall–Kier alpha value is -0.450. The molecule has 0 saturated heterocycles. The third-order valence-electron chi connectivity index (χ3n) is 4.51. The van der Waals surface area contributed by atoms with Crippen LogP contribution in [0, 0.1) is 11.8 Å². The van der Waals surface area contributed by atoms with Gasteiger partial charge in [-0.3, -0.25) is 4.79 Å². The Morgan fingerprint density at radius 3 is 2.11 bits per heavy atom. The summed E-state index contributed by atoms with van der Waals surface area (Å²) >= 11 is 0. The molecule has 0 aromatic rings. The lowest BCUT2D eigenvalue weighted by molar-refractivity contribution is -0.131. The van der Waals surface area contributed by atoms with Crippen molar-refractivity contribution in [1.29, 1.82) is 0 Å². The van der Waals surface area contributed by atoms with E-state index in [0.29, 0.717) is 31.6 Å². The second-order valence-corrected chi connectivity index (χ2v) is 5.99. The van der Waals surface area contributed by atoms with Gasteiger partial charge in [-0.05, 0) is 50.9 Å². The fourth-order valence-corrected chi connectivity index (χ4v) is 3.29. The van der Waals surface area contributed by atoms with E-state index < -0.39 is 12.2 Å². The molecule has 0 heterocycles. The molecule has 0 bridgehead atoms. The van der Waals surface area contributed by atoms with E-state index in [1.54, 1.807) is 0 Å². The molecule has 3 unspecified atom stereocenters. The zero-order valence-electron chi connectivity index (χ0n) is 10.8. The van der Waals surface area contributed by atoms with Crippen LogP contribution in [0.5, 0.6) is 0 Å². The molecule has 4 heteroatoms. The van der Waals surface area contributed by atoms with Crippen molar-refractivity contribution in [2.24, 2.45) is 11.8 Å². The van der Waals surface area contributed by atoms with Crippen molar-refractivity contribution in [3.05, 3.63) is 0 Å². The maximum Gasteiger partial charge on any atom is 0.138 e. The summed E-state index contributed by atoms with van der Waals surface area (Å²) in [6.07, 6.45) is 4.21. The van der Waals surface area contributed by atoms with Crippen LogP contribution in [0.15, 0.2) is 0 Å². The third-order valence-corrected chi connectivity index (χ3v) is 4.51. The number of hydrogen-bond acceptors (Lipinski definition) is 4. The molecule has 2 saturated carbocycles. The molecule has 2 aliphatic rings. The van der Waals surface area contributed by atoms with E-state index in [-0.39, 0.29) is 17.8 Å². The van der Waals surface area contributed by atoms with E-state index in [1.807, 2.05) is 0 Å². The molecule has 0 aromatic carbocycles. The van der Waals surface area contributed by atoms with Crippen LogP contribution in [0.3, 0.4) is 0 Å². The van der Waals surface area contributed by atoms with Crippen molar-refractivity contribution in [3.63, 3.8) is 0 Å². The van der Waals surface area contributed by atoms with Gasteiger partial charge in [0.15, 0.2) is 0 Å². The van der Waals surface area contributed by atoms with Crippen molar-refractivity contribution >= 4 is 5.78 Å². The first-order valence-electron chi connectivity index (χ1n) is 7.13. The Balaban J connectivity index is 1.80. The average molecular weight is 256 g/mol. The van der Waals surface area contributed by atoms with Crippen molar-refractivity contribution in [2.75, 3.05) is 0 Å². The Bertz CT molecular complexity index is 284. The fourth-order valence-electron chi connectivity index (χ4n) is 3.29. The molecular weight excluding hydrogens is 232 g/mol. The monoisotopic (exact) mass is 256 g/mol. The number of rotatable bonds is 3. The summed E-state index contributed by atoms with van der Waals surface area (Å²) in [5.74, 6) is 0.246. The van der Waals surface area contributed by atoms with Crippen molar-refractivity contribution in [1.82, 2.24) is 0 Å². The standard InChI is InChI=1S/C14H24O4/c15-10-3-1-9(2-4-10)7-13(17)12-6-5-11(16)8-14(12)18/h9-12,14-16,18H,1-8H2. The summed E-state index contributed by atoms with van der Waals surface area (Å²) < 4.78 is 0. The van der Waals surface area contributed by atoms with Gasteiger partial charge in [-0.1, -0.05) is 0 Å². The normalized spacial score (nSPS) is 41.6. The lowest BCUT2D eigenvalue weighted by Crippen LogP contribution is -2.37. The first-order valence-corrected chi connectivity index (χ1v) is 7.13. The van der Waals surface area contributed by atoms with E-state index in [0.717, 1.165) is 25.7 Å². The van der Waals surface area contributed by atoms with Gasteiger partial charge in [0, 0.05) is 12.3 Å². The van der Waals surface area contributed by atoms with Crippen molar-refractivity contribution < 1.29 is 20.1 Å². The van der Waals surface area contributed by atoms with Crippen LogP contribution in [0.25, 0.3) is 0 Å². The van der Waals surface area contributed by atoms with Crippen LogP contribution >= 0.6 is 0 Å². The number of aliphatic hydroxyl groups is 3. The summed E-state index contributed by atoms with van der Waals surface area (Å²) in [6.45, 7) is 0. The minimum absolute atomic E-state index is 0.149. The highest BCUT2D eigenvalue weighted by Gasteiger charge is 2.34. The highest BCUT2D eigenvalue weighted by atomic mass is 16.3. The Kier molecular flexibility index (Phi) is 4.76. The fraction of sp³-hybridized carbons (Fsp3) is 0.929. The molecule has 0 amide bonds. The molecule has 3 atom stereocenters. The Labute approximate surface area is 108 Å². The van der Waals surface area contributed by atoms with Gasteiger partial charge in [-0.25, -0.2) is 0 Å². The summed E-state index contributed by atoms with van der Waals surface area (Å²) in [6, 6.07) is 0. The van der Waals surface area contributed by atoms with E-state index in [2.05, 4.69) is 0 Å². The van der Waals surface area contributed by atoms with E-state index in [9.17, 15) is 20.1 Å². The second-order valence-electron chi connectivity index (χ2n) is 5.99. The maximum atomic E-state index is 12.2. The molecule has 0 radical (unpaired) electrons. The predicted molar refractivity (Wildman–Crippen MR) is 66.9 cm³/mol. The summed E-state index contributed by atoms with van der Waals surface area (Å²) in [5.41, 5.74) is 0. The molecule has 4 nitrogen and oxygen atoms in total. The van der Waals surface area contributed by atoms with Crippen LogP contribution in [0.1, 0.15) is 51.4 Å². The average Bonchev–Trinajstić information content (AvgIpc) is 2.32. The van der Waals surface area contributed by atoms with Crippen LogP contribution in [-0.2, 0) is 4.79 Å².